The number of hydrogen-bond donors (Lipinski definition) is 0. The third-order valence-electron chi connectivity index (χ3n) is 9.81. The fourth-order valence-corrected chi connectivity index (χ4v) is 7.44. The third-order valence-corrected chi connectivity index (χ3v) is 9.81. The minimum Gasteiger partial charge on any atom is -0.455 e. The Balaban J connectivity index is 1.11. The van der Waals surface area contributed by atoms with Crippen LogP contribution in [0.4, 0.5) is 0 Å². The predicted molar refractivity (Wildman–Crippen MR) is 208 cm³/mol. The van der Waals surface area contributed by atoms with Crippen LogP contribution in [0.15, 0.2) is 186 Å². The van der Waals surface area contributed by atoms with Crippen molar-refractivity contribution in [3.8, 4) is 50.5 Å². The summed E-state index contributed by atoms with van der Waals surface area (Å²) in [7, 11) is 0. The molecule has 0 aliphatic heterocycles. The first kappa shape index (κ1) is 28.3. The molecule has 50 heavy (non-hydrogen) atoms. The molecule has 0 spiro atoms. The standard InChI is InChI=1S/C47H30N2O/c1-4-13-31(14-5-1)35-29-41(33-15-6-2-7-16-33)48-42(30-35)34-25-23-32(24-26-34)37-20-12-21-38-39-27-28-44-45(47(39)50-46(37)38)40-19-10-11-22-43(40)49(44)36-17-8-3-9-18-36/h1-30H. The normalized spacial score (nSPS) is 11.6. The summed E-state index contributed by atoms with van der Waals surface area (Å²) in [6, 6.07) is 64.1. The maximum absolute atomic E-state index is 6.93. The van der Waals surface area contributed by atoms with Gasteiger partial charge in [-0.2, -0.15) is 0 Å². The van der Waals surface area contributed by atoms with Gasteiger partial charge >= 0.3 is 0 Å². The van der Waals surface area contributed by atoms with Crippen LogP contribution in [0, 0.1) is 0 Å². The highest BCUT2D eigenvalue weighted by Crippen LogP contribution is 2.43. The van der Waals surface area contributed by atoms with Crippen LogP contribution in [0.5, 0.6) is 0 Å². The Bertz CT molecular complexity index is 2770. The number of pyridine rings is 1. The number of furan rings is 1. The van der Waals surface area contributed by atoms with Gasteiger partial charge in [0.05, 0.1) is 27.8 Å². The van der Waals surface area contributed by atoms with Crippen LogP contribution in [-0.2, 0) is 0 Å². The molecule has 10 aromatic rings. The molecule has 0 saturated carbocycles. The van der Waals surface area contributed by atoms with Crippen molar-refractivity contribution in [1.29, 1.82) is 0 Å². The van der Waals surface area contributed by atoms with E-state index < -0.39 is 0 Å². The van der Waals surface area contributed by atoms with Crippen LogP contribution < -0.4 is 0 Å². The van der Waals surface area contributed by atoms with E-state index >= 15 is 0 Å². The van der Waals surface area contributed by atoms with Crippen molar-refractivity contribution in [3.05, 3.63) is 182 Å². The number of para-hydroxylation sites is 3. The van der Waals surface area contributed by atoms with Gasteiger partial charge < -0.3 is 8.98 Å². The van der Waals surface area contributed by atoms with Crippen LogP contribution in [-0.4, -0.2) is 9.55 Å². The first-order valence-electron chi connectivity index (χ1n) is 17.0. The van der Waals surface area contributed by atoms with E-state index in [1.165, 1.54) is 10.9 Å². The molecule has 0 atom stereocenters. The Kier molecular flexibility index (Phi) is 6.49. The van der Waals surface area contributed by atoms with Crippen molar-refractivity contribution < 1.29 is 4.42 Å². The van der Waals surface area contributed by atoms with Crippen molar-refractivity contribution >= 4 is 43.7 Å². The van der Waals surface area contributed by atoms with Gasteiger partial charge in [-0.1, -0.05) is 140 Å². The Morgan fingerprint density at radius 2 is 0.960 bits per heavy atom. The monoisotopic (exact) mass is 638 g/mol. The van der Waals surface area contributed by atoms with Gasteiger partial charge in [0.25, 0.3) is 0 Å². The molecule has 0 aliphatic carbocycles. The lowest BCUT2D eigenvalue weighted by Gasteiger charge is -2.11. The van der Waals surface area contributed by atoms with E-state index in [0.717, 1.165) is 83.3 Å². The second-order valence-corrected chi connectivity index (χ2v) is 12.7. The van der Waals surface area contributed by atoms with E-state index in [4.69, 9.17) is 9.40 Å². The molecular formula is C47H30N2O. The number of nitrogens with zero attached hydrogens (tertiary/aromatic N) is 2. The predicted octanol–water partition coefficient (Wildman–Crippen LogP) is 12.7. The molecule has 0 saturated heterocycles. The summed E-state index contributed by atoms with van der Waals surface area (Å²) >= 11 is 0. The summed E-state index contributed by atoms with van der Waals surface area (Å²) in [5.74, 6) is 0. The average molecular weight is 639 g/mol. The smallest absolute Gasteiger partial charge is 0.145 e. The van der Waals surface area contributed by atoms with E-state index in [-0.39, 0.29) is 0 Å². The largest absolute Gasteiger partial charge is 0.455 e. The number of aromatic nitrogens is 2. The van der Waals surface area contributed by atoms with Gasteiger partial charge in [0.15, 0.2) is 0 Å². The lowest BCUT2D eigenvalue weighted by atomic mass is 9.98. The van der Waals surface area contributed by atoms with E-state index in [9.17, 15) is 0 Å². The van der Waals surface area contributed by atoms with Crippen molar-refractivity contribution in [2.45, 2.75) is 0 Å². The molecule has 10 rings (SSSR count). The third kappa shape index (κ3) is 4.56. The molecule has 3 heterocycles. The quantitative estimate of drug-likeness (QED) is 0.188. The van der Waals surface area contributed by atoms with Gasteiger partial charge in [0, 0.05) is 38.5 Å². The maximum Gasteiger partial charge on any atom is 0.145 e. The SMILES string of the molecule is c1ccc(-c2cc(-c3ccccc3)nc(-c3ccc(-c4cccc5c4oc4c5ccc5c4c4ccccc4n5-c4ccccc4)cc3)c2)cc1. The zero-order valence-corrected chi connectivity index (χ0v) is 27.1. The van der Waals surface area contributed by atoms with Crippen LogP contribution in [0.2, 0.25) is 0 Å². The summed E-state index contributed by atoms with van der Waals surface area (Å²) in [6.45, 7) is 0. The van der Waals surface area contributed by atoms with Crippen molar-refractivity contribution in [3.63, 3.8) is 0 Å². The first-order chi connectivity index (χ1) is 24.8. The molecule has 3 heteroatoms. The first-order valence-corrected chi connectivity index (χ1v) is 17.0. The lowest BCUT2D eigenvalue weighted by Crippen LogP contribution is -1.92. The van der Waals surface area contributed by atoms with Crippen LogP contribution in [0.1, 0.15) is 0 Å². The summed E-state index contributed by atoms with van der Waals surface area (Å²) in [5, 5.41) is 4.56. The average Bonchev–Trinajstić information content (AvgIpc) is 3.75. The molecule has 0 N–H and O–H groups in total. The molecule has 0 fully saturated rings. The van der Waals surface area contributed by atoms with Crippen LogP contribution in [0.25, 0.3) is 94.2 Å². The van der Waals surface area contributed by atoms with Gasteiger partial charge in [0.1, 0.15) is 11.2 Å². The van der Waals surface area contributed by atoms with Crippen LogP contribution >= 0.6 is 0 Å². The zero-order valence-electron chi connectivity index (χ0n) is 27.1. The highest BCUT2D eigenvalue weighted by molar-refractivity contribution is 6.24. The molecule has 3 aromatic heterocycles. The van der Waals surface area contributed by atoms with E-state index in [1.54, 1.807) is 0 Å². The molecule has 3 nitrogen and oxygen atoms in total. The topological polar surface area (TPSA) is 31.0 Å². The van der Waals surface area contributed by atoms with Gasteiger partial charge in [-0.3, -0.25) is 0 Å². The lowest BCUT2D eigenvalue weighted by molar-refractivity contribution is 0.674. The maximum atomic E-state index is 6.93. The van der Waals surface area contributed by atoms with Gasteiger partial charge in [-0.15, -0.1) is 0 Å². The number of fused-ring (bicyclic) bond motifs is 7. The second kappa shape index (κ2) is 11.5. The Morgan fingerprint density at radius 1 is 0.380 bits per heavy atom. The van der Waals surface area contributed by atoms with Crippen LogP contribution in [0.3, 0.4) is 0 Å². The van der Waals surface area contributed by atoms with E-state index in [1.807, 2.05) is 6.07 Å². The molecule has 0 unspecified atom stereocenters. The van der Waals surface area contributed by atoms with E-state index in [2.05, 4.69) is 180 Å². The number of hydrogen-bond acceptors (Lipinski definition) is 2. The minimum absolute atomic E-state index is 0.898. The molecule has 234 valence electrons. The zero-order chi connectivity index (χ0) is 33.0. The molecule has 0 bridgehead atoms. The second-order valence-electron chi connectivity index (χ2n) is 12.7. The van der Waals surface area contributed by atoms with Crippen molar-refractivity contribution in [2.24, 2.45) is 0 Å². The molecular weight excluding hydrogens is 609 g/mol. The fourth-order valence-electron chi connectivity index (χ4n) is 7.44. The molecule has 7 aromatic carbocycles. The number of benzene rings is 7. The molecule has 0 radical (unpaired) electrons. The fraction of sp³-hybridized carbons (Fsp3) is 0. The summed E-state index contributed by atoms with van der Waals surface area (Å²) in [6.07, 6.45) is 0. The Hall–Kier alpha value is -6.71. The highest BCUT2D eigenvalue weighted by atomic mass is 16.3. The van der Waals surface area contributed by atoms with Gasteiger partial charge in [-0.25, -0.2) is 4.98 Å². The van der Waals surface area contributed by atoms with Crippen molar-refractivity contribution in [2.75, 3.05) is 0 Å². The number of rotatable bonds is 5. The summed E-state index contributed by atoms with van der Waals surface area (Å²) in [5.41, 5.74) is 13.8. The Morgan fingerprint density at radius 3 is 1.70 bits per heavy atom. The Labute approximate surface area is 289 Å². The molecule has 0 amide bonds. The molecule has 0 aliphatic rings. The summed E-state index contributed by atoms with van der Waals surface area (Å²) in [4.78, 5) is 5.14. The minimum atomic E-state index is 0.898. The summed E-state index contributed by atoms with van der Waals surface area (Å²) < 4.78 is 9.26. The van der Waals surface area contributed by atoms with Crippen molar-refractivity contribution in [1.82, 2.24) is 9.55 Å². The highest BCUT2D eigenvalue weighted by Gasteiger charge is 2.20. The van der Waals surface area contributed by atoms with E-state index in [0.29, 0.717) is 0 Å². The van der Waals surface area contributed by atoms with Gasteiger partial charge in [-0.05, 0) is 59.2 Å². The van der Waals surface area contributed by atoms with Gasteiger partial charge in [0.2, 0.25) is 0 Å².